The summed E-state index contributed by atoms with van der Waals surface area (Å²) in [5, 5.41) is 44.0. The van der Waals surface area contributed by atoms with E-state index >= 15 is 0 Å². The second-order valence-corrected chi connectivity index (χ2v) is 7.33. The molecule has 10 nitrogen and oxygen atoms in total. The van der Waals surface area contributed by atoms with Gasteiger partial charge in [0.1, 0.15) is 37.1 Å². The van der Waals surface area contributed by atoms with Gasteiger partial charge in [0.15, 0.2) is 6.23 Å². The third kappa shape index (κ3) is 6.13. The molecule has 168 valence electrons. The summed E-state index contributed by atoms with van der Waals surface area (Å²) in [6.45, 7) is 3.02. The number of carbonyl (C=O) groups excluding carboxylic acids is 2. The maximum atomic E-state index is 12.8. The Balaban J connectivity index is 1.99. The first kappa shape index (κ1) is 24.0. The van der Waals surface area contributed by atoms with Crippen molar-refractivity contribution < 1.29 is 39.5 Å². The lowest BCUT2D eigenvalue weighted by Crippen LogP contribution is -2.65. The van der Waals surface area contributed by atoms with Crippen molar-refractivity contribution in [3.05, 3.63) is 35.9 Å². The average molecular weight is 426 g/mol. The number of carbonyl (C=O) groups is 2. The molecule has 0 aliphatic carbocycles. The minimum absolute atomic E-state index is 0.0359. The molecule has 0 bridgehead atoms. The minimum Gasteiger partial charge on any atom is -0.445 e. The molecule has 0 unspecified atom stereocenters. The zero-order valence-electron chi connectivity index (χ0n) is 17.0. The van der Waals surface area contributed by atoms with E-state index < -0.39 is 55.3 Å². The molecule has 2 amide bonds. The SMILES string of the molecule is CC[C@H](C)[C@H](NC(=O)OCc1ccccc1)C(=O)N[C@@H]1O[C@H](CO)[C@@H](O)[C@H](O)[C@H]1O. The van der Waals surface area contributed by atoms with E-state index in [1.165, 1.54) is 0 Å². The van der Waals surface area contributed by atoms with Crippen molar-refractivity contribution >= 4 is 12.0 Å². The van der Waals surface area contributed by atoms with Crippen molar-refractivity contribution in [2.75, 3.05) is 6.61 Å². The predicted octanol–water partition coefficient (Wildman–Crippen LogP) is -0.756. The normalized spacial score (nSPS) is 28.3. The zero-order chi connectivity index (χ0) is 22.3. The Morgan fingerprint density at radius 1 is 1.13 bits per heavy atom. The van der Waals surface area contributed by atoms with Crippen LogP contribution in [0.25, 0.3) is 0 Å². The number of alkyl carbamates (subject to hydrolysis) is 1. The van der Waals surface area contributed by atoms with Crippen LogP contribution in [0.3, 0.4) is 0 Å². The van der Waals surface area contributed by atoms with E-state index in [4.69, 9.17) is 9.47 Å². The molecule has 1 aromatic rings. The third-order valence-corrected chi connectivity index (χ3v) is 5.16. The number of rotatable bonds is 8. The summed E-state index contributed by atoms with van der Waals surface area (Å²) < 4.78 is 10.5. The van der Waals surface area contributed by atoms with Crippen LogP contribution in [0.1, 0.15) is 25.8 Å². The van der Waals surface area contributed by atoms with E-state index in [0.29, 0.717) is 6.42 Å². The number of benzene rings is 1. The monoisotopic (exact) mass is 426 g/mol. The van der Waals surface area contributed by atoms with Crippen LogP contribution in [0.15, 0.2) is 30.3 Å². The van der Waals surface area contributed by atoms with Gasteiger partial charge in [-0.25, -0.2) is 4.79 Å². The molecular weight excluding hydrogens is 396 g/mol. The summed E-state index contributed by atoms with van der Waals surface area (Å²) in [5.74, 6) is -0.940. The van der Waals surface area contributed by atoms with E-state index in [1.54, 1.807) is 19.1 Å². The second kappa shape index (κ2) is 11.2. The first-order valence-electron chi connectivity index (χ1n) is 9.86. The van der Waals surface area contributed by atoms with Crippen molar-refractivity contribution in [2.24, 2.45) is 5.92 Å². The fraction of sp³-hybridized carbons (Fsp3) is 0.600. The Kier molecular flexibility index (Phi) is 9.00. The van der Waals surface area contributed by atoms with E-state index in [9.17, 15) is 30.0 Å². The van der Waals surface area contributed by atoms with E-state index in [-0.39, 0.29) is 12.5 Å². The molecule has 0 saturated carbocycles. The summed E-state index contributed by atoms with van der Waals surface area (Å²) >= 11 is 0. The topological polar surface area (TPSA) is 158 Å². The van der Waals surface area contributed by atoms with Crippen molar-refractivity contribution in [3.63, 3.8) is 0 Å². The first-order chi connectivity index (χ1) is 14.3. The van der Waals surface area contributed by atoms with Gasteiger partial charge in [0.25, 0.3) is 0 Å². The van der Waals surface area contributed by atoms with Crippen LogP contribution in [-0.4, -0.2) is 75.7 Å². The average Bonchev–Trinajstić information content (AvgIpc) is 2.76. The highest BCUT2D eigenvalue weighted by Crippen LogP contribution is 2.20. The van der Waals surface area contributed by atoms with Crippen molar-refractivity contribution in [1.82, 2.24) is 10.6 Å². The van der Waals surface area contributed by atoms with Gasteiger partial charge in [0, 0.05) is 0 Å². The van der Waals surface area contributed by atoms with E-state index in [0.717, 1.165) is 5.56 Å². The van der Waals surface area contributed by atoms with Crippen LogP contribution in [0.4, 0.5) is 4.79 Å². The van der Waals surface area contributed by atoms with E-state index in [1.807, 2.05) is 25.1 Å². The number of hydrogen-bond donors (Lipinski definition) is 6. The Bertz CT molecular complexity index is 687. The zero-order valence-corrected chi connectivity index (χ0v) is 17.0. The van der Waals surface area contributed by atoms with Gasteiger partial charge in [0.2, 0.25) is 5.91 Å². The summed E-state index contributed by atoms with van der Waals surface area (Å²) in [6, 6.07) is 8.06. The van der Waals surface area contributed by atoms with Gasteiger partial charge in [-0.05, 0) is 11.5 Å². The maximum absolute atomic E-state index is 12.8. The van der Waals surface area contributed by atoms with E-state index in [2.05, 4.69) is 10.6 Å². The van der Waals surface area contributed by atoms with Crippen LogP contribution < -0.4 is 10.6 Å². The molecule has 7 atom stereocenters. The van der Waals surface area contributed by atoms with Gasteiger partial charge >= 0.3 is 6.09 Å². The number of hydrogen-bond acceptors (Lipinski definition) is 8. The molecule has 0 aromatic heterocycles. The smallest absolute Gasteiger partial charge is 0.408 e. The van der Waals surface area contributed by atoms with Gasteiger partial charge in [-0.1, -0.05) is 50.6 Å². The van der Waals surface area contributed by atoms with Gasteiger partial charge in [-0.3, -0.25) is 4.79 Å². The van der Waals surface area contributed by atoms with Crippen LogP contribution in [-0.2, 0) is 20.9 Å². The van der Waals surface area contributed by atoms with Gasteiger partial charge in [0.05, 0.1) is 6.61 Å². The largest absolute Gasteiger partial charge is 0.445 e. The second-order valence-electron chi connectivity index (χ2n) is 7.33. The maximum Gasteiger partial charge on any atom is 0.408 e. The minimum atomic E-state index is -1.62. The number of nitrogens with one attached hydrogen (secondary N) is 2. The molecule has 1 aliphatic heterocycles. The van der Waals surface area contributed by atoms with Crippen molar-refractivity contribution in [2.45, 2.75) is 63.6 Å². The first-order valence-corrected chi connectivity index (χ1v) is 9.86. The number of aliphatic hydroxyl groups excluding tert-OH is 4. The molecule has 1 aliphatic rings. The molecule has 2 rings (SSSR count). The summed E-state index contributed by atoms with van der Waals surface area (Å²) in [6.07, 6.45) is -7.52. The predicted molar refractivity (Wildman–Crippen MR) is 105 cm³/mol. The Morgan fingerprint density at radius 3 is 2.40 bits per heavy atom. The number of ether oxygens (including phenoxy) is 2. The number of amides is 2. The molecule has 1 fully saturated rings. The standard InChI is InChI=1S/C20H30N2O8/c1-3-11(2)14(21-20(28)29-10-12-7-5-4-6-8-12)18(27)22-19-17(26)16(25)15(24)13(9-23)30-19/h4-8,11,13-17,19,23-26H,3,9-10H2,1-2H3,(H,21,28)(H,22,27)/t11-,13+,14-,15+,16-,17+,19+/m0/s1. The fourth-order valence-electron chi connectivity index (χ4n) is 3.04. The quantitative estimate of drug-likeness (QED) is 0.317. The molecule has 30 heavy (non-hydrogen) atoms. The van der Waals surface area contributed by atoms with Crippen LogP contribution in [0.2, 0.25) is 0 Å². The summed E-state index contributed by atoms with van der Waals surface area (Å²) in [5.41, 5.74) is 0.790. The molecule has 1 saturated heterocycles. The molecule has 1 aromatic carbocycles. The van der Waals surface area contributed by atoms with Crippen molar-refractivity contribution in [1.29, 1.82) is 0 Å². The summed E-state index contributed by atoms with van der Waals surface area (Å²) in [4.78, 5) is 25.0. The molecule has 0 radical (unpaired) electrons. The van der Waals surface area contributed by atoms with Gasteiger partial charge in [-0.15, -0.1) is 0 Å². The highest BCUT2D eigenvalue weighted by Gasteiger charge is 2.44. The fourth-order valence-corrected chi connectivity index (χ4v) is 3.04. The Morgan fingerprint density at radius 2 is 1.80 bits per heavy atom. The van der Waals surface area contributed by atoms with Crippen LogP contribution >= 0.6 is 0 Å². The third-order valence-electron chi connectivity index (χ3n) is 5.16. The Labute approximate surface area is 174 Å². The summed E-state index contributed by atoms with van der Waals surface area (Å²) in [7, 11) is 0. The molecule has 1 heterocycles. The lowest BCUT2D eigenvalue weighted by Gasteiger charge is -2.40. The highest BCUT2D eigenvalue weighted by atomic mass is 16.6. The highest BCUT2D eigenvalue weighted by molar-refractivity contribution is 5.86. The molecule has 6 N–H and O–H groups in total. The number of aliphatic hydroxyl groups is 4. The molecule has 0 spiro atoms. The molecule has 10 heteroatoms. The van der Waals surface area contributed by atoms with Crippen LogP contribution in [0, 0.1) is 5.92 Å². The van der Waals surface area contributed by atoms with Gasteiger partial charge in [-0.2, -0.15) is 0 Å². The lowest BCUT2D eigenvalue weighted by atomic mass is 9.96. The van der Waals surface area contributed by atoms with Crippen LogP contribution in [0.5, 0.6) is 0 Å². The Hall–Kier alpha value is -2.24. The molecular formula is C20H30N2O8. The van der Waals surface area contributed by atoms with Crippen molar-refractivity contribution in [3.8, 4) is 0 Å². The van der Waals surface area contributed by atoms with Gasteiger partial charge < -0.3 is 40.5 Å². The lowest BCUT2D eigenvalue weighted by molar-refractivity contribution is -0.236.